The van der Waals surface area contributed by atoms with E-state index >= 15 is 0 Å². The third-order valence-electron chi connectivity index (χ3n) is 3.77. The quantitative estimate of drug-likeness (QED) is 0.702. The second-order valence-electron chi connectivity index (χ2n) is 5.68. The smallest absolute Gasteiger partial charge is 0.0587 e. The lowest BCUT2D eigenvalue weighted by molar-refractivity contribution is 0.199. The number of benzene rings is 1. The number of anilines is 1. The average molecular weight is 278 g/mol. The Morgan fingerprint density at radius 2 is 2.10 bits per heavy atom. The molecule has 0 aliphatic rings. The zero-order chi connectivity index (χ0) is 15.0. The van der Waals surface area contributed by atoms with Crippen LogP contribution in [0.25, 0.3) is 0 Å². The fraction of sp³-hybridized carbons (Fsp3) is 0.647. The minimum Gasteiger partial charge on any atom is -0.383 e. The summed E-state index contributed by atoms with van der Waals surface area (Å²) in [6, 6.07) is 6.74. The molecule has 1 rings (SSSR count). The first kappa shape index (κ1) is 17.0. The number of rotatable bonds is 9. The minimum absolute atomic E-state index is 0.731. The number of methoxy groups -OCH3 is 1. The monoisotopic (exact) mass is 278 g/mol. The van der Waals surface area contributed by atoms with Crippen molar-refractivity contribution in [3.63, 3.8) is 0 Å². The summed E-state index contributed by atoms with van der Waals surface area (Å²) in [5, 5.41) is 3.38. The molecule has 0 aliphatic heterocycles. The number of hydrogen-bond acceptors (Lipinski definition) is 3. The van der Waals surface area contributed by atoms with Gasteiger partial charge in [0.25, 0.3) is 0 Å². The number of nitrogens with one attached hydrogen (secondary N) is 1. The molecule has 1 unspecified atom stereocenters. The van der Waals surface area contributed by atoms with Crippen molar-refractivity contribution >= 4 is 5.69 Å². The Morgan fingerprint density at radius 3 is 2.70 bits per heavy atom. The molecule has 0 fully saturated rings. The number of ether oxygens (including phenoxy) is 1. The highest BCUT2D eigenvalue weighted by molar-refractivity contribution is 5.53. The lowest BCUT2D eigenvalue weighted by Crippen LogP contribution is -2.24. The van der Waals surface area contributed by atoms with Gasteiger partial charge in [0.2, 0.25) is 0 Å². The first-order chi connectivity index (χ1) is 9.58. The molecule has 1 N–H and O–H groups in total. The SMILES string of the molecule is CCC(C)CN(C)c1ccc(CNCCOC)cc1C. The van der Waals surface area contributed by atoms with Gasteiger partial charge in [0.1, 0.15) is 0 Å². The van der Waals surface area contributed by atoms with E-state index in [9.17, 15) is 0 Å². The molecule has 0 bridgehead atoms. The summed E-state index contributed by atoms with van der Waals surface area (Å²) < 4.78 is 5.03. The van der Waals surface area contributed by atoms with Crippen LogP contribution in [0.2, 0.25) is 0 Å². The molecule has 0 heterocycles. The topological polar surface area (TPSA) is 24.5 Å². The van der Waals surface area contributed by atoms with Crippen molar-refractivity contribution < 1.29 is 4.74 Å². The summed E-state index contributed by atoms with van der Waals surface area (Å²) in [6.07, 6.45) is 1.23. The molecule has 3 heteroatoms. The Morgan fingerprint density at radius 1 is 1.35 bits per heavy atom. The highest BCUT2D eigenvalue weighted by Crippen LogP contribution is 2.21. The van der Waals surface area contributed by atoms with Crippen LogP contribution in [0.15, 0.2) is 18.2 Å². The predicted octanol–water partition coefficient (Wildman–Crippen LogP) is 3.21. The van der Waals surface area contributed by atoms with Gasteiger partial charge >= 0.3 is 0 Å². The molecule has 1 aromatic carbocycles. The largest absolute Gasteiger partial charge is 0.383 e. The Labute approximate surface area is 124 Å². The van der Waals surface area contributed by atoms with Crippen LogP contribution < -0.4 is 10.2 Å². The summed E-state index contributed by atoms with van der Waals surface area (Å²) in [5.41, 5.74) is 4.02. The normalized spacial score (nSPS) is 12.4. The van der Waals surface area contributed by atoms with E-state index in [0.717, 1.165) is 32.2 Å². The molecule has 1 aromatic rings. The van der Waals surface area contributed by atoms with Crippen molar-refractivity contribution in [1.82, 2.24) is 5.32 Å². The Hall–Kier alpha value is -1.06. The van der Waals surface area contributed by atoms with E-state index in [1.165, 1.54) is 23.2 Å². The highest BCUT2D eigenvalue weighted by atomic mass is 16.5. The van der Waals surface area contributed by atoms with E-state index in [2.05, 4.69) is 56.2 Å². The molecule has 114 valence electrons. The van der Waals surface area contributed by atoms with Gasteiger partial charge in [-0.3, -0.25) is 0 Å². The molecule has 0 amide bonds. The van der Waals surface area contributed by atoms with Gasteiger partial charge in [0, 0.05) is 39.5 Å². The summed E-state index contributed by atoms with van der Waals surface area (Å²) in [5.74, 6) is 0.731. The van der Waals surface area contributed by atoms with E-state index in [1.54, 1.807) is 7.11 Å². The Kier molecular flexibility index (Phi) is 7.63. The summed E-state index contributed by atoms with van der Waals surface area (Å²) in [4.78, 5) is 2.37. The van der Waals surface area contributed by atoms with Crippen LogP contribution in [0.1, 0.15) is 31.4 Å². The number of nitrogens with zero attached hydrogens (tertiary/aromatic N) is 1. The van der Waals surface area contributed by atoms with Gasteiger partial charge in [-0.25, -0.2) is 0 Å². The molecular formula is C17H30N2O. The van der Waals surface area contributed by atoms with Crippen molar-refractivity contribution in [2.24, 2.45) is 5.92 Å². The van der Waals surface area contributed by atoms with Gasteiger partial charge in [-0.1, -0.05) is 32.4 Å². The second kappa shape index (κ2) is 8.98. The minimum atomic E-state index is 0.731. The van der Waals surface area contributed by atoms with Gasteiger partial charge in [-0.15, -0.1) is 0 Å². The molecule has 0 radical (unpaired) electrons. The lowest BCUT2D eigenvalue weighted by Gasteiger charge is -2.25. The molecule has 0 aromatic heterocycles. The van der Waals surface area contributed by atoms with Crippen LogP contribution in [0, 0.1) is 12.8 Å². The maximum atomic E-state index is 5.03. The lowest BCUT2D eigenvalue weighted by atomic mass is 10.1. The van der Waals surface area contributed by atoms with Crippen molar-refractivity contribution in [1.29, 1.82) is 0 Å². The Balaban J connectivity index is 2.58. The van der Waals surface area contributed by atoms with Crippen LogP contribution in [0.5, 0.6) is 0 Å². The van der Waals surface area contributed by atoms with E-state index in [0.29, 0.717) is 0 Å². The molecule has 3 nitrogen and oxygen atoms in total. The van der Waals surface area contributed by atoms with Gasteiger partial charge in [0.05, 0.1) is 6.61 Å². The third-order valence-corrected chi connectivity index (χ3v) is 3.77. The molecule has 0 aliphatic carbocycles. The highest BCUT2D eigenvalue weighted by Gasteiger charge is 2.08. The molecule has 0 spiro atoms. The average Bonchev–Trinajstić information content (AvgIpc) is 2.43. The number of hydrogen-bond donors (Lipinski definition) is 1. The van der Waals surface area contributed by atoms with Gasteiger partial charge < -0.3 is 15.0 Å². The van der Waals surface area contributed by atoms with Crippen LogP contribution >= 0.6 is 0 Å². The van der Waals surface area contributed by atoms with E-state index in [1.807, 2.05) is 0 Å². The van der Waals surface area contributed by atoms with Gasteiger partial charge in [-0.2, -0.15) is 0 Å². The first-order valence-electron chi connectivity index (χ1n) is 7.58. The molecule has 0 saturated carbocycles. The maximum Gasteiger partial charge on any atom is 0.0587 e. The zero-order valence-electron chi connectivity index (χ0n) is 13.7. The molecular weight excluding hydrogens is 248 g/mol. The number of aryl methyl sites for hydroxylation is 1. The summed E-state index contributed by atoms with van der Waals surface area (Å²) in [6.45, 7) is 10.4. The summed E-state index contributed by atoms with van der Waals surface area (Å²) in [7, 11) is 3.92. The maximum absolute atomic E-state index is 5.03. The third kappa shape index (κ3) is 5.51. The van der Waals surface area contributed by atoms with E-state index < -0.39 is 0 Å². The Bertz CT molecular complexity index is 393. The first-order valence-corrected chi connectivity index (χ1v) is 7.58. The van der Waals surface area contributed by atoms with E-state index in [-0.39, 0.29) is 0 Å². The summed E-state index contributed by atoms with van der Waals surface area (Å²) >= 11 is 0. The van der Waals surface area contributed by atoms with Crippen molar-refractivity contribution in [3.8, 4) is 0 Å². The fourth-order valence-corrected chi connectivity index (χ4v) is 2.36. The second-order valence-corrected chi connectivity index (χ2v) is 5.68. The standard InChI is InChI=1S/C17H30N2O/c1-6-14(2)13-19(4)17-8-7-16(11-15(17)3)12-18-9-10-20-5/h7-8,11,14,18H,6,9-10,12-13H2,1-5H3. The molecule has 1 atom stereocenters. The van der Waals surface area contributed by atoms with Crippen LogP contribution in [-0.4, -0.2) is 33.9 Å². The van der Waals surface area contributed by atoms with Crippen molar-refractivity contribution in [3.05, 3.63) is 29.3 Å². The molecule has 0 saturated heterocycles. The van der Waals surface area contributed by atoms with Crippen LogP contribution in [0.4, 0.5) is 5.69 Å². The van der Waals surface area contributed by atoms with Crippen molar-refractivity contribution in [2.75, 3.05) is 38.8 Å². The van der Waals surface area contributed by atoms with Gasteiger partial charge in [0.15, 0.2) is 0 Å². The fourth-order valence-electron chi connectivity index (χ4n) is 2.36. The zero-order valence-corrected chi connectivity index (χ0v) is 13.7. The molecule has 20 heavy (non-hydrogen) atoms. The van der Waals surface area contributed by atoms with Gasteiger partial charge in [-0.05, 0) is 30.0 Å². The van der Waals surface area contributed by atoms with Crippen molar-refractivity contribution in [2.45, 2.75) is 33.7 Å². The van der Waals surface area contributed by atoms with Crippen LogP contribution in [-0.2, 0) is 11.3 Å². The van der Waals surface area contributed by atoms with Crippen LogP contribution in [0.3, 0.4) is 0 Å². The predicted molar refractivity (Wildman–Crippen MR) is 87.5 cm³/mol. The van der Waals surface area contributed by atoms with E-state index in [4.69, 9.17) is 4.74 Å².